The SMILES string of the molecule is CC1CCCN(CCC(=O)N2CCC[C@H]2C(=O)O)C1. The Hall–Kier alpha value is -1.10. The van der Waals surface area contributed by atoms with E-state index in [1.807, 2.05) is 0 Å². The van der Waals surface area contributed by atoms with Gasteiger partial charge in [-0.3, -0.25) is 4.79 Å². The van der Waals surface area contributed by atoms with Crippen LogP contribution in [-0.2, 0) is 9.59 Å². The Morgan fingerprint density at radius 1 is 1.21 bits per heavy atom. The molecule has 0 spiro atoms. The van der Waals surface area contributed by atoms with E-state index in [-0.39, 0.29) is 5.91 Å². The van der Waals surface area contributed by atoms with Gasteiger partial charge in [0.1, 0.15) is 6.04 Å². The van der Waals surface area contributed by atoms with Crippen LogP contribution in [0.5, 0.6) is 0 Å². The molecule has 0 aromatic carbocycles. The average Bonchev–Trinajstić information content (AvgIpc) is 2.85. The highest BCUT2D eigenvalue weighted by molar-refractivity contribution is 5.84. The lowest BCUT2D eigenvalue weighted by Crippen LogP contribution is -2.42. The molecule has 0 saturated carbocycles. The van der Waals surface area contributed by atoms with Crippen LogP contribution in [-0.4, -0.2) is 59.0 Å². The maximum absolute atomic E-state index is 12.1. The zero-order valence-electron chi connectivity index (χ0n) is 11.7. The summed E-state index contributed by atoms with van der Waals surface area (Å²) in [5.41, 5.74) is 0. The maximum Gasteiger partial charge on any atom is 0.326 e. The molecule has 0 radical (unpaired) electrons. The predicted octanol–water partition coefficient (Wildman–Crippen LogP) is 1.18. The average molecular weight is 268 g/mol. The second-order valence-electron chi connectivity index (χ2n) is 5.88. The number of rotatable bonds is 4. The highest BCUT2D eigenvalue weighted by atomic mass is 16.4. The van der Waals surface area contributed by atoms with Gasteiger partial charge < -0.3 is 14.9 Å². The zero-order chi connectivity index (χ0) is 13.8. The summed E-state index contributed by atoms with van der Waals surface area (Å²) in [5, 5.41) is 9.08. The molecule has 0 aliphatic carbocycles. The van der Waals surface area contributed by atoms with Crippen molar-refractivity contribution in [2.24, 2.45) is 5.92 Å². The van der Waals surface area contributed by atoms with E-state index in [4.69, 9.17) is 5.11 Å². The number of piperidine rings is 1. The third-order valence-corrected chi connectivity index (χ3v) is 4.24. The number of hydrogen-bond donors (Lipinski definition) is 1. The quantitative estimate of drug-likeness (QED) is 0.832. The molecule has 5 nitrogen and oxygen atoms in total. The molecule has 1 unspecified atom stereocenters. The second kappa shape index (κ2) is 6.37. The predicted molar refractivity (Wildman–Crippen MR) is 71.8 cm³/mol. The van der Waals surface area contributed by atoms with Crippen LogP contribution in [0.25, 0.3) is 0 Å². The van der Waals surface area contributed by atoms with Gasteiger partial charge in [-0.25, -0.2) is 4.79 Å². The molecule has 2 rings (SSSR count). The van der Waals surface area contributed by atoms with Crippen molar-refractivity contribution in [3.05, 3.63) is 0 Å². The van der Waals surface area contributed by atoms with E-state index in [0.29, 0.717) is 25.3 Å². The minimum Gasteiger partial charge on any atom is -0.480 e. The molecular weight excluding hydrogens is 244 g/mol. The molecule has 0 aromatic heterocycles. The minimum absolute atomic E-state index is 0.00289. The molecule has 0 bridgehead atoms. The van der Waals surface area contributed by atoms with Gasteiger partial charge >= 0.3 is 5.97 Å². The van der Waals surface area contributed by atoms with E-state index in [9.17, 15) is 9.59 Å². The summed E-state index contributed by atoms with van der Waals surface area (Å²) in [7, 11) is 0. The van der Waals surface area contributed by atoms with Gasteiger partial charge in [0, 0.05) is 26.1 Å². The molecule has 2 aliphatic heterocycles. The summed E-state index contributed by atoms with van der Waals surface area (Å²) in [6, 6.07) is -0.590. The highest BCUT2D eigenvalue weighted by Crippen LogP contribution is 2.19. The normalized spacial score (nSPS) is 28.6. The molecule has 2 saturated heterocycles. The topological polar surface area (TPSA) is 60.9 Å². The Labute approximate surface area is 114 Å². The Bertz CT molecular complexity index is 346. The lowest BCUT2D eigenvalue weighted by Gasteiger charge is -2.31. The van der Waals surface area contributed by atoms with Crippen molar-refractivity contribution < 1.29 is 14.7 Å². The number of carbonyl (C=O) groups excluding carboxylic acids is 1. The largest absolute Gasteiger partial charge is 0.480 e. The molecule has 1 N–H and O–H groups in total. The number of carbonyl (C=O) groups is 2. The van der Waals surface area contributed by atoms with Crippen molar-refractivity contribution in [3.8, 4) is 0 Å². The van der Waals surface area contributed by atoms with Gasteiger partial charge in [0.25, 0.3) is 0 Å². The van der Waals surface area contributed by atoms with Crippen molar-refractivity contribution in [3.63, 3.8) is 0 Å². The smallest absolute Gasteiger partial charge is 0.326 e. The lowest BCUT2D eigenvalue weighted by molar-refractivity contribution is -0.148. The van der Waals surface area contributed by atoms with Gasteiger partial charge in [-0.15, -0.1) is 0 Å². The molecule has 2 atom stereocenters. The van der Waals surface area contributed by atoms with Crippen LogP contribution >= 0.6 is 0 Å². The molecule has 2 aliphatic rings. The van der Waals surface area contributed by atoms with Gasteiger partial charge in [0.2, 0.25) is 5.91 Å². The second-order valence-corrected chi connectivity index (χ2v) is 5.88. The summed E-state index contributed by atoms with van der Waals surface area (Å²) in [5.74, 6) is -0.150. The van der Waals surface area contributed by atoms with Crippen LogP contribution in [0.2, 0.25) is 0 Å². The first-order valence-electron chi connectivity index (χ1n) is 7.32. The summed E-state index contributed by atoms with van der Waals surface area (Å²) in [6.45, 7) is 5.75. The molecule has 2 heterocycles. The summed E-state index contributed by atoms with van der Waals surface area (Å²) in [4.78, 5) is 27.1. The molecule has 108 valence electrons. The Morgan fingerprint density at radius 3 is 2.63 bits per heavy atom. The van der Waals surface area contributed by atoms with E-state index in [0.717, 1.165) is 26.1 Å². The van der Waals surface area contributed by atoms with Crippen molar-refractivity contribution >= 4 is 11.9 Å². The number of likely N-dealkylation sites (tertiary alicyclic amines) is 2. The number of nitrogens with zero attached hydrogens (tertiary/aromatic N) is 2. The molecule has 0 aromatic rings. The Morgan fingerprint density at radius 2 is 1.95 bits per heavy atom. The van der Waals surface area contributed by atoms with Crippen molar-refractivity contribution in [1.82, 2.24) is 9.80 Å². The Kier molecular flexibility index (Phi) is 4.80. The fourth-order valence-electron chi connectivity index (χ4n) is 3.21. The van der Waals surface area contributed by atoms with Crippen LogP contribution in [0.3, 0.4) is 0 Å². The zero-order valence-corrected chi connectivity index (χ0v) is 11.7. The number of hydrogen-bond acceptors (Lipinski definition) is 3. The van der Waals surface area contributed by atoms with E-state index in [1.54, 1.807) is 4.90 Å². The van der Waals surface area contributed by atoms with Crippen LogP contribution < -0.4 is 0 Å². The van der Waals surface area contributed by atoms with E-state index in [1.165, 1.54) is 12.8 Å². The molecule has 1 amide bonds. The molecule has 5 heteroatoms. The third-order valence-electron chi connectivity index (χ3n) is 4.24. The monoisotopic (exact) mass is 268 g/mol. The third kappa shape index (κ3) is 3.69. The van der Waals surface area contributed by atoms with Gasteiger partial charge in [0.05, 0.1) is 0 Å². The van der Waals surface area contributed by atoms with Gasteiger partial charge in [-0.2, -0.15) is 0 Å². The van der Waals surface area contributed by atoms with Gasteiger partial charge in [-0.1, -0.05) is 6.92 Å². The van der Waals surface area contributed by atoms with Crippen LogP contribution in [0.1, 0.15) is 39.0 Å². The fraction of sp³-hybridized carbons (Fsp3) is 0.857. The first kappa shape index (κ1) is 14.3. The first-order chi connectivity index (χ1) is 9.08. The molecule has 19 heavy (non-hydrogen) atoms. The molecule has 2 fully saturated rings. The van der Waals surface area contributed by atoms with Crippen LogP contribution in [0.15, 0.2) is 0 Å². The number of carboxylic acid groups (broad SMARTS) is 1. The minimum atomic E-state index is -0.863. The number of carboxylic acids is 1. The van der Waals surface area contributed by atoms with Crippen molar-refractivity contribution in [1.29, 1.82) is 0 Å². The van der Waals surface area contributed by atoms with E-state index < -0.39 is 12.0 Å². The summed E-state index contributed by atoms with van der Waals surface area (Å²) >= 11 is 0. The number of amides is 1. The standard InChI is InChI=1S/C14H24N2O3/c1-11-4-2-7-15(10-11)9-6-13(17)16-8-3-5-12(16)14(18)19/h11-12H,2-10H2,1H3,(H,18,19)/t11?,12-/m0/s1. The van der Waals surface area contributed by atoms with E-state index in [2.05, 4.69) is 11.8 Å². The van der Waals surface area contributed by atoms with Crippen LogP contribution in [0.4, 0.5) is 0 Å². The van der Waals surface area contributed by atoms with E-state index >= 15 is 0 Å². The summed E-state index contributed by atoms with van der Waals surface area (Å²) < 4.78 is 0. The fourth-order valence-corrected chi connectivity index (χ4v) is 3.21. The maximum atomic E-state index is 12.1. The van der Waals surface area contributed by atoms with Crippen molar-refractivity contribution in [2.75, 3.05) is 26.2 Å². The van der Waals surface area contributed by atoms with Crippen molar-refractivity contribution in [2.45, 2.75) is 45.1 Å². The molecular formula is C14H24N2O3. The van der Waals surface area contributed by atoms with Gasteiger partial charge in [0.15, 0.2) is 0 Å². The highest BCUT2D eigenvalue weighted by Gasteiger charge is 2.33. The Balaban J connectivity index is 1.79. The van der Waals surface area contributed by atoms with Crippen LogP contribution in [0, 0.1) is 5.92 Å². The van der Waals surface area contributed by atoms with Gasteiger partial charge in [-0.05, 0) is 38.1 Å². The lowest BCUT2D eigenvalue weighted by atomic mass is 10.0. The summed E-state index contributed by atoms with van der Waals surface area (Å²) in [6.07, 6.45) is 4.34. The first-order valence-corrected chi connectivity index (χ1v) is 7.32. The number of aliphatic carboxylic acids is 1.